The first-order valence-corrected chi connectivity index (χ1v) is 12.1. The summed E-state index contributed by atoms with van der Waals surface area (Å²) in [5.41, 5.74) is 5.44. The van der Waals surface area contributed by atoms with Crippen molar-refractivity contribution in [2.75, 3.05) is 31.5 Å². The molecule has 5 N–H and O–H groups in total. The predicted octanol–water partition coefficient (Wildman–Crippen LogP) is 1.61. The first kappa shape index (κ1) is 25.3. The number of benzene rings is 2. The van der Waals surface area contributed by atoms with Gasteiger partial charge in [-0.05, 0) is 67.3 Å². The van der Waals surface area contributed by atoms with Crippen molar-refractivity contribution in [1.29, 1.82) is 0 Å². The summed E-state index contributed by atoms with van der Waals surface area (Å²) in [6.45, 7) is 5.42. The third kappa shape index (κ3) is 5.38. The summed E-state index contributed by atoms with van der Waals surface area (Å²) >= 11 is 0. The molecule has 0 bridgehead atoms. The van der Waals surface area contributed by atoms with Gasteiger partial charge in [-0.25, -0.2) is 4.39 Å². The number of carbonyl (C=O) groups is 3. The van der Waals surface area contributed by atoms with Crippen molar-refractivity contribution in [3.8, 4) is 0 Å². The third-order valence-corrected chi connectivity index (χ3v) is 6.74. The smallest absolute Gasteiger partial charge is 0.255 e. The number of nitrogens with zero attached hydrogens (tertiary/aromatic N) is 2. The highest BCUT2D eigenvalue weighted by Crippen LogP contribution is 2.31. The summed E-state index contributed by atoms with van der Waals surface area (Å²) in [6.07, 6.45) is 3.70. The second-order valence-electron chi connectivity index (χ2n) is 9.37. The number of halogens is 1. The van der Waals surface area contributed by atoms with Crippen molar-refractivity contribution in [2.45, 2.75) is 31.3 Å². The van der Waals surface area contributed by atoms with Crippen LogP contribution in [0.15, 0.2) is 53.5 Å². The van der Waals surface area contributed by atoms with Gasteiger partial charge in [0.05, 0.1) is 6.34 Å². The van der Waals surface area contributed by atoms with E-state index in [0.29, 0.717) is 29.3 Å². The number of hydrogen-bond donors (Lipinski definition) is 4. The summed E-state index contributed by atoms with van der Waals surface area (Å²) in [7, 11) is 0. The van der Waals surface area contributed by atoms with Crippen LogP contribution in [0, 0.1) is 11.7 Å². The number of nitrogens with one attached hydrogen (secondary N) is 3. The zero-order valence-electron chi connectivity index (χ0n) is 20.2. The fourth-order valence-corrected chi connectivity index (χ4v) is 4.80. The minimum Gasteiger partial charge on any atom is -0.367 e. The van der Waals surface area contributed by atoms with Crippen molar-refractivity contribution in [2.24, 2.45) is 16.6 Å². The molecule has 2 aliphatic heterocycles. The Morgan fingerprint density at radius 2 is 1.89 bits per heavy atom. The van der Waals surface area contributed by atoms with Gasteiger partial charge in [-0.1, -0.05) is 19.1 Å². The molecule has 3 atom stereocenters. The van der Waals surface area contributed by atoms with Crippen molar-refractivity contribution in [3.05, 3.63) is 65.5 Å². The molecule has 3 unspecified atom stereocenters. The van der Waals surface area contributed by atoms with Gasteiger partial charge >= 0.3 is 0 Å². The van der Waals surface area contributed by atoms with E-state index in [9.17, 15) is 18.8 Å². The maximum absolute atomic E-state index is 13.1. The lowest BCUT2D eigenvalue weighted by Gasteiger charge is -2.32. The summed E-state index contributed by atoms with van der Waals surface area (Å²) in [5, 5.41) is 8.51. The molecule has 0 radical (unpaired) electrons. The molecule has 0 saturated carbocycles. The monoisotopic (exact) mass is 494 g/mol. The summed E-state index contributed by atoms with van der Waals surface area (Å²) in [6, 6.07) is 10.5. The van der Waals surface area contributed by atoms with Crippen LogP contribution in [0.3, 0.4) is 0 Å². The van der Waals surface area contributed by atoms with E-state index in [0.717, 1.165) is 26.1 Å². The zero-order chi connectivity index (χ0) is 25.7. The molecule has 2 aromatic carbocycles. The van der Waals surface area contributed by atoms with E-state index in [4.69, 9.17) is 5.73 Å². The van der Waals surface area contributed by atoms with Crippen LogP contribution in [0.1, 0.15) is 35.7 Å². The number of amides is 3. The van der Waals surface area contributed by atoms with Gasteiger partial charge in [-0.2, -0.15) is 0 Å². The van der Waals surface area contributed by atoms with Crippen LogP contribution in [0.4, 0.5) is 10.1 Å². The van der Waals surface area contributed by atoms with Gasteiger partial charge in [0.15, 0.2) is 11.6 Å². The summed E-state index contributed by atoms with van der Waals surface area (Å²) in [5.74, 6) is -1.33. The molecule has 10 heteroatoms. The van der Waals surface area contributed by atoms with E-state index in [1.54, 1.807) is 24.3 Å². The van der Waals surface area contributed by atoms with Crippen molar-refractivity contribution < 1.29 is 18.8 Å². The molecule has 9 nitrogen and oxygen atoms in total. The lowest BCUT2D eigenvalue weighted by atomic mass is 9.82. The van der Waals surface area contributed by atoms with Gasteiger partial charge < -0.3 is 26.6 Å². The minimum atomic E-state index is -1.55. The largest absolute Gasteiger partial charge is 0.367 e. The fraction of sp³-hybridized carbons (Fsp3) is 0.385. The molecule has 2 aromatic rings. The molecule has 2 heterocycles. The zero-order valence-corrected chi connectivity index (χ0v) is 20.2. The van der Waals surface area contributed by atoms with Crippen LogP contribution in [0.25, 0.3) is 0 Å². The van der Waals surface area contributed by atoms with E-state index < -0.39 is 35.1 Å². The molecule has 1 fully saturated rings. The molecule has 0 aliphatic carbocycles. The molecule has 36 heavy (non-hydrogen) atoms. The van der Waals surface area contributed by atoms with E-state index >= 15 is 0 Å². The number of primary amides is 1. The Kier molecular flexibility index (Phi) is 7.64. The lowest BCUT2D eigenvalue weighted by Crippen LogP contribution is -2.60. The SMILES string of the molecule is CC1CCCN(CCNC(=O)C2N=CNC2(C(N)=O)c2ccc(NC(=O)c3ccc(F)cc3)cc2)C1. The standard InChI is InChI=1S/C26H31FN6O3/c1-17-3-2-13-33(15-17)14-12-29-24(35)22-26(25(28)36,31-16-30-22)19-6-10-21(11-7-19)32-23(34)18-4-8-20(27)9-5-18/h4-11,16-17,22H,2-3,12-15H2,1H3,(H2,28,36)(H,29,35)(H,30,31)(H,32,34). The van der Waals surface area contributed by atoms with Crippen molar-refractivity contribution >= 4 is 29.7 Å². The maximum Gasteiger partial charge on any atom is 0.255 e. The van der Waals surface area contributed by atoms with E-state index in [-0.39, 0.29) is 0 Å². The van der Waals surface area contributed by atoms with Gasteiger partial charge in [-0.15, -0.1) is 0 Å². The topological polar surface area (TPSA) is 129 Å². The minimum absolute atomic E-state index is 0.302. The molecule has 0 aromatic heterocycles. The molecule has 2 aliphatic rings. The average molecular weight is 495 g/mol. The van der Waals surface area contributed by atoms with E-state index in [1.807, 2.05) is 0 Å². The Morgan fingerprint density at radius 1 is 1.17 bits per heavy atom. The second-order valence-corrected chi connectivity index (χ2v) is 9.37. The van der Waals surface area contributed by atoms with Crippen LogP contribution < -0.4 is 21.7 Å². The van der Waals surface area contributed by atoms with E-state index in [1.165, 1.54) is 37.0 Å². The third-order valence-electron chi connectivity index (χ3n) is 6.74. The highest BCUT2D eigenvalue weighted by Gasteiger charge is 2.52. The Morgan fingerprint density at radius 3 is 2.56 bits per heavy atom. The van der Waals surface area contributed by atoms with Gasteiger partial charge in [0.25, 0.3) is 11.8 Å². The molecule has 190 valence electrons. The van der Waals surface area contributed by atoms with E-state index in [2.05, 4.69) is 32.8 Å². The number of aliphatic imine (C=N–C) groups is 1. The number of likely N-dealkylation sites (tertiary alicyclic amines) is 1. The predicted molar refractivity (Wildman–Crippen MR) is 135 cm³/mol. The number of carbonyl (C=O) groups excluding carboxylic acids is 3. The highest BCUT2D eigenvalue weighted by molar-refractivity contribution is 6.04. The lowest BCUT2D eigenvalue weighted by molar-refractivity contribution is -0.131. The number of hydrogen-bond acceptors (Lipinski definition) is 6. The molecule has 1 saturated heterocycles. The maximum atomic E-state index is 13.1. The Balaban J connectivity index is 1.43. The normalized spacial score (nSPS) is 23.6. The summed E-state index contributed by atoms with van der Waals surface area (Å²) in [4.78, 5) is 44.7. The first-order chi connectivity index (χ1) is 17.3. The number of nitrogens with two attached hydrogens (primary N) is 1. The van der Waals surface area contributed by atoms with Gasteiger partial charge in [0.1, 0.15) is 5.82 Å². The van der Waals surface area contributed by atoms with Crippen LogP contribution in [-0.2, 0) is 15.1 Å². The molecule has 0 spiro atoms. The average Bonchev–Trinajstić information content (AvgIpc) is 3.31. The Hall–Kier alpha value is -3.79. The van der Waals surface area contributed by atoms with Gasteiger partial charge in [-0.3, -0.25) is 19.4 Å². The molecular weight excluding hydrogens is 463 g/mol. The summed E-state index contributed by atoms with van der Waals surface area (Å²) < 4.78 is 13.1. The van der Waals surface area contributed by atoms with Crippen LogP contribution in [-0.4, -0.2) is 61.2 Å². The van der Waals surface area contributed by atoms with Gasteiger partial charge in [0, 0.05) is 30.9 Å². The number of anilines is 1. The number of rotatable bonds is 8. The van der Waals surface area contributed by atoms with Crippen LogP contribution >= 0.6 is 0 Å². The quantitative estimate of drug-likeness (QED) is 0.443. The Labute approximate surface area is 209 Å². The van der Waals surface area contributed by atoms with Crippen molar-refractivity contribution in [3.63, 3.8) is 0 Å². The van der Waals surface area contributed by atoms with Gasteiger partial charge in [0.2, 0.25) is 5.91 Å². The molecule has 3 amide bonds. The highest BCUT2D eigenvalue weighted by atomic mass is 19.1. The molecular formula is C26H31FN6O3. The first-order valence-electron chi connectivity index (χ1n) is 12.1. The van der Waals surface area contributed by atoms with Crippen LogP contribution in [0.5, 0.6) is 0 Å². The fourth-order valence-electron chi connectivity index (χ4n) is 4.80. The Bertz CT molecular complexity index is 1140. The second kappa shape index (κ2) is 10.9. The number of piperidine rings is 1. The van der Waals surface area contributed by atoms with Crippen molar-refractivity contribution in [1.82, 2.24) is 15.5 Å². The molecule has 4 rings (SSSR count). The van der Waals surface area contributed by atoms with Crippen LogP contribution in [0.2, 0.25) is 0 Å².